The molecule has 2 aromatic rings. The molecule has 14 heteroatoms. The highest BCUT2D eigenvalue weighted by atomic mass is 32.2. The molecule has 2 atom stereocenters. The Labute approximate surface area is 301 Å². The van der Waals surface area contributed by atoms with Gasteiger partial charge in [0, 0.05) is 51.8 Å². The third-order valence-corrected chi connectivity index (χ3v) is 12.0. The molecular formula is C37H53N5O8S. The molecule has 0 radical (unpaired) electrons. The number of hydrogen-bond acceptors (Lipinski definition) is 9. The highest BCUT2D eigenvalue weighted by Gasteiger charge is 2.35. The van der Waals surface area contributed by atoms with Crippen LogP contribution in [0.3, 0.4) is 0 Å². The number of nitrogens with one attached hydrogen (secondary N) is 2. The van der Waals surface area contributed by atoms with Gasteiger partial charge in [-0.15, -0.1) is 0 Å². The molecule has 2 fully saturated rings. The van der Waals surface area contributed by atoms with Crippen molar-refractivity contribution in [3.63, 3.8) is 0 Å². The predicted molar refractivity (Wildman–Crippen MR) is 197 cm³/mol. The normalized spacial score (nSPS) is 19.2. The van der Waals surface area contributed by atoms with Crippen molar-refractivity contribution in [3.05, 3.63) is 45.6 Å². The third kappa shape index (κ3) is 8.44. The Bertz CT molecular complexity index is 1760. The summed E-state index contributed by atoms with van der Waals surface area (Å²) < 4.78 is 47.1. The largest absolute Gasteiger partial charge is 0.493 e. The highest BCUT2D eigenvalue weighted by Crippen LogP contribution is 2.50. The van der Waals surface area contributed by atoms with Crippen molar-refractivity contribution in [2.75, 3.05) is 65.9 Å². The summed E-state index contributed by atoms with van der Waals surface area (Å²) in [6.07, 6.45) is 4.84. The van der Waals surface area contributed by atoms with Crippen LogP contribution in [-0.2, 0) is 26.2 Å². The van der Waals surface area contributed by atoms with Crippen LogP contribution in [0.5, 0.6) is 17.2 Å². The first-order valence-electron chi connectivity index (χ1n) is 18.0. The van der Waals surface area contributed by atoms with Crippen LogP contribution in [0.2, 0.25) is 0 Å². The summed E-state index contributed by atoms with van der Waals surface area (Å²) in [6, 6.07) is 5.77. The molecule has 51 heavy (non-hydrogen) atoms. The van der Waals surface area contributed by atoms with Gasteiger partial charge in [0.05, 0.1) is 33.1 Å². The number of aryl methyl sites for hydroxylation is 1. The molecule has 1 aliphatic carbocycles. The molecule has 2 aromatic carbocycles. The number of benzene rings is 1. The van der Waals surface area contributed by atoms with Gasteiger partial charge in [0.1, 0.15) is 6.04 Å². The van der Waals surface area contributed by atoms with Gasteiger partial charge in [0.25, 0.3) is 10.2 Å². The fourth-order valence-electron chi connectivity index (χ4n) is 7.53. The van der Waals surface area contributed by atoms with Gasteiger partial charge in [0.2, 0.25) is 23.0 Å². The fourth-order valence-corrected chi connectivity index (χ4v) is 9.25. The molecule has 0 saturated carbocycles. The van der Waals surface area contributed by atoms with Crippen LogP contribution in [0, 0.1) is 5.92 Å². The molecule has 2 saturated heterocycles. The Morgan fingerprint density at radius 1 is 0.882 bits per heavy atom. The van der Waals surface area contributed by atoms with Crippen molar-refractivity contribution in [1.29, 1.82) is 0 Å². The van der Waals surface area contributed by atoms with Crippen molar-refractivity contribution in [3.8, 4) is 28.4 Å². The Balaban J connectivity index is 1.49. The maximum absolute atomic E-state index is 14.2. The number of amides is 2. The number of carbonyl (C=O) groups excluding carboxylic acids is 2. The number of methoxy groups -OCH3 is 3. The van der Waals surface area contributed by atoms with E-state index in [-0.39, 0.29) is 41.9 Å². The average Bonchev–Trinajstić information content (AvgIpc) is 3.51. The fraction of sp³-hybridized carbons (Fsp3) is 0.595. The van der Waals surface area contributed by atoms with Crippen LogP contribution < -0.4 is 30.3 Å². The van der Waals surface area contributed by atoms with E-state index in [1.54, 1.807) is 29.5 Å². The minimum Gasteiger partial charge on any atom is -0.493 e. The molecule has 0 aromatic heterocycles. The first-order valence-corrected chi connectivity index (χ1v) is 19.4. The molecule has 0 bridgehead atoms. The van der Waals surface area contributed by atoms with Gasteiger partial charge in [-0.05, 0) is 79.3 Å². The lowest BCUT2D eigenvalue weighted by molar-refractivity contribution is -0.132. The summed E-state index contributed by atoms with van der Waals surface area (Å²) >= 11 is 0. The molecule has 280 valence electrons. The number of piperidine rings is 1. The van der Waals surface area contributed by atoms with E-state index >= 15 is 0 Å². The lowest BCUT2D eigenvalue weighted by Gasteiger charge is -2.31. The molecule has 2 heterocycles. The smallest absolute Gasteiger partial charge is 0.282 e. The molecule has 3 aliphatic rings. The first kappa shape index (κ1) is 38.4. The summed E-state index contributed by atoms with van der Waals surface area (Å²) in [4.78, 5) is 42.3. The van der Waals surface area contributed by atoms with E-state index in [4.69, 9.17) is 14.2 Å². The Morgan fingerprint density at radius 2 is 1.57 bits per heavy atom. The Kier molecular flexibility index (Phi) is 12.5. The summed E-state index contributed by atoms with van der Waals surface area (Å²) in [6.45, 7) is 7.81. The third-order valence-electron chi connectivity index (χ3n) is 9.99. The second-order valence-electron chi connectivity index (χ2n) is 14.0. The van der Waals surface area contributed by atoms with Crippen LogP contribution in [0.15, 0.2) is 29.1 Å². The Hall–Kier alpha value is -3.88. The van der Waals surface area contributed by atoms with Gasteiger partial charge in [-0.25, -0.2) is 0 Å². The van der Waals surface area contributed by atoms with Crippen molar-refractivity contribution < 1.29 is 32.2 Å². The minimum atomic E-state index is -3.59. The predicted octanol–water partition coefficient (Wildman–Crippen LogP) is 3.95. The standard InChI is InChI=1S/C37H53N5O8S/c1-24(2)21-31(37(45)40-15-10-18-42(20-19-40)51(46,47)41-16-8-7-9-17-41)39-30-14-12-27-28(23-32(30)44)29(38-25(3)43)13-11-26-22-33(48-4)35(49-5)36(50-6)34(26)27/h12,14,22-24,29,31H,7-11,13,15-21H2,1-6H3,(H,38,43)(H,39,44)/t29-,31-/m1/s1. The minimum absolute atomic E-state index is 0.126. The van der Waals surface area contributed by atoms with Gasteiger partial charge >= 0.3 is 0 Å². The quantitative estimate of drug-likeness (QED) is 0.351. The molecule has 0 unspecified atom stereocenters. The van der Waals surface area contributed by atoms with Crippen LogP contribution in [-0.4, -0.2) is 100 Å². The number of anilines is 1. The van der Waals surface area contributed by atoms with Crippen LogP contribution in [0.4, 0.5) is 5.69 Å². The van der Waals surface area contributed by atoms with Gasteiger partial charge in [-0.3, -0.25) is 14.4 Å². The van der Waals surface area contributed by atoms with Crippen LogP contribution >= 0.6 is 0 Å². The lowest BCUT2D eigenvalue weighted by atomic mass is 9.95. The van der Waals surface area contributed by atoms with Crippen LogP contribution in [0.25, 0.3) is 11.1 Å². The summed E-state index contributed by atoms with van der Waals surface area (Å²) in [7, 11) is 1.05. The second-order valence-corrected chi connectivity index (χ2v) is 15.9. The van der Waals surface area contributed by atoms with Gasteiger partial charge < -0.3 is 29.7 Å². The van der Waals surface area contributed by atoms with E-state index in [2.05, 4.69) is 10.6 Å². The van der Waals surface area contributed by atoms with E-state index in [1.165, 1.54) is 24.4 Å². The van der Waals surface area contributed by atoms with Crippen molar-refractivity contribution in [1.82, 2.24) is 18.8 Å². The Morgan fingerprint density at radius 3 is 2.22 bits per heavy atom. The van der Waals surface area contributed by atoms with Gasteiger partial charge in [-0.2, -0.15) is 17.0 Å². The maximum Gasteiger partial charge on any atom is 0.282 e. The molecular weight excluding hydrogens is 675 g/mol. The van der Waals surface area contributed by atoms with Gasteiger partial charge in [-0.1, -0.05) is 26.3 Å². The molecule has 2 aliphatic heterocycles. The summed E-state index contributed by atoms with van der Waals surface area (Å²) in [5, 5.41) is 6.31. The molecule has 0 spiro atoms. The molecule has 5 rings (SSSR count). The summed E-state index contributed by atoms with van der Waals surface area (Å²) in [5.41, 5.74) is 2.89. The van der Waals surface area contributed by atoms with E-state index < -0.39 is 22.3 Å². The van der Waals surface area contributed by atoms with E-state index in [9.17, 15) is 22.8 Å². The summed E-state index contributed by atoms with van der Waals surface area (Å²) in [5.74, 6) is 1.11. The van der Waals surface area contributed by atoms with Crippen molar-refractivity contribution in [2.24, 2.45) is 5.92 Å². The number of ether oxygens (including phenoxy) is 3. The second kappa shape index (κ2) is 16.6. The monoisotopic (exact) mass is 727 g/mol. The van der Waals surface area contributed by atoms with E-state index in [0.29, 0.717) is 80.2 Å². The first-order chi connectivity index (χ1) is 24.4. The zero-order valence-corrected chi connectivity index (χ0v) is 31.6. The lowest BCUT2D eigenvalue weighted by Crippen LogP contribution is -2.48. The maximum atomic E-state index is 14.2. The SMILES string of the molecule is COc1cc2c(c(OC)c1OC)-c1ccc(N[C@H](CC(C)C)C(=O)N3CCCN(S(=O)(=O)N4CCCCC4)CC3)c(=O)cc1[C@H](NC(C)=O)CC2. The number of nitrogens with zero attached hydrogens (tertiary/aromatic N) is 3. The van der Waals surface area contributed by atoms with Crippen molar-refractivity contribution in [2.45, 2.75) is 77.8 Å². The number of hydrogen-bond donors (Lipinski definition) is 2. The highest BCUT2D eigenvalue weighted by molar-refractivity contribution is 7.86. The number of rotatable bonds is 11. The van der Waals surface area contributed by atoms with Crippen molar-refractivity contribution >= 4 is 27.7 Å². The molecule has 2 N–H and O–H groups in total. The number of carbonyl (C=O) groups is 2. The zero-order chi connectivity index (χ0) is 36.9. The molecule has 13 nitrogen and oxygen atoms in total. The molecule has 2 amide bonds. The van der Waals surface area contributed by atoms with E-state index in [0.717, 1.165) is 30.4 Å². The number of fused-ring (bicyclic) bond motifs is 3. The average molecular weight is 728 g/mol. The van der Waals surface area contributed by atoms with Gasteiger partial charge in [0.15, 0.2) is 11.5 Å². The zero-order valence-electron chi connectivity index (χ0n) is 30.7. The van der Waals surface area contributed by atoms with Crippen LogP contribution in [0.1, 0.15) is 76.5 Å². The van der Waals surface area contributed by atoms with E-state index in [1.807, 2.05) is 26.0 Å². The topological polar surface area (TPSA) is 147 Å².